The van der Waals surface area contributed by atoms with E-state index in [9.17, 15) is 4.39 Å². The quantitative estimate of drug-likeness (QED) is 0.497. The third kappa shape index (κ3) is 5.05. The molecule has 0 radical (unpaired) electrons. The molecule has 4 aliphatic rings. The van der Waals surface area contributed by atoms with Crippen molar-refractivity contribution in [2.24, 2.45) is 11.8 Å². The van der Waals surface area contributed by atoms with Crippen LogP contribution in [-0.4, -0.2) is 78.2 Å². The highest BCUT2D eigenvalue weighted by Gasteiger charge is 2.35. The van der Waals surface area contributed by atoms with Crippen molar-refractivity contribution in [2.45, 2.75) is 57.3 Å². The lowest BCUT2D eigenvalue weighted by molar-refractivity contribution is -0.0491. The standard InChI is InChI=1S/C25H33ClFN5O3/c26-23-21(27)22-19(12-28-23)24(32-13-16-5-6-17(11-16)14-32)30-25(29-22)35-15-18-3-1-7-31(18)8-2-4-20-33-9-10-34-20/h12,16-18,20H,1-11,13-15H2/t16?,17?,18-/m0/s1. The molecule has 190 valence electrons. The zero-order valence-corrected chi connectivity index (χ0v) is 20.8. The van der Waals surface area contributed by atoms with E-state index in [1.54, 1.807) is 6.20 Å². The van der Waals surface area contributed by atoms with Crippen LogP contribution < -0.4 is 9.64 Å². The first-order chi connectivity index (χ1) is 17.1. The van der Waals surface area contributed by atoms with Crippen molar-refractivity contribution in [2.75, 3.05) is 50.9 Å². The molecule has 0 N–H and O–H groups in total. The van der Waals surface area contributed by atoms with Crippen molar-refractivity contribution in [3.63, 3.8) is 0 Å². The topological polar surface area (TPSA) is 72.8 Å². The molecule has 10 heteroatoms. The number of hydrogen-bond donors (Lipinski definition) is 0. The van der Waals surface area contributed by atoms with Crippen LogP contribution in [0.15, 0.2) is 6.20 Å². The number of ether oxygens (including phenoxy) is 3. The van der Waals surface area contributed by atoms with Gasteiger partial charge in [0, 0.05) is 25.3 Å². The van der Waals surface area contributed by atoms with Crippen LogP contribution in [0.1, 0.15) is 44.9 Å². The van der Waals surface area contributed by atoms with Gasteiger partial charge in [0.25, 0.3) is 0 Å². The van der Waals surface area contributed by atoms with Gasteiger partial charge in [0.15, 0.2) is 17.3 Å². The Morgan fingerprint density at radius 2 is 1.91 bits per heavy atom. The van der Waals surface area contributed by atoms with Gasteiger partial charge in [-0.1, -0.05) is 11.6 Å². The first-order valence-corrected chi connectivity index (χ1v) is 13.4. The summed E-state index contributed by atoms with van der Waals surface area (Å²) in [5, 5.41) is 0.420. The van der Waals surface area contributed by atoms with E-state index < -0.39 is 5.82 Å². The summed E-state index contributed by atoms with van der Waals surface area (Å²) in [6.45, 7) is 5.75. The molecule has 1 saturated carbocycles. The maximum absolute atomic E-state index is 15.0. The maximum atomic E-state index is 15.0. The van der Waals surface area contributed by atoms with Gasteiger partial charge in [-0.25, -0.2) is 9.37 Å². The van der Waals surface area contributed by atoms with Gasteiger partial charge < -0.3 is 19.1 Å². The molecule has 4 fully saturated rings. The van der Waals surface area contributed by atoms with E-state index >= 15 is 0 Å². The fourth-order valence-corrected chi connectivity index (χ4v) is 6.41. The molecule has 2 unspecified atom stereocenters. The van der Waals surface area contributed by atoms with Crippen LogP contribution >= 0.6 is 11.6 Å². The number of rotatable bonds is 8. The summed E-state index contributed by atoms with van der Waals surface area (Å²) in [6, 6.07) is 0.506. The average molecular weight is 506 g/mol. The van der Waals surface area contributed by atoms with Gasteiger partial charge in [-0.2, -0.15) is 9.97 Å². The van der Waals surface area contributed by atoms with Gasteiger partial charge in [0.05, 0.1) is 18.6 Å². The van der Waals surface area contributed by atoms with Crippen LogP contribution in [0.5, 0.6) is 6.01 Å². The van der Waals surface area contributed by atoms with E-state index in [1.165, 1.54) is 19.3 Å². The molecule has 0 amide bonds. The Kier molecular flexibility index (Phi) is 6.93. The molecule has 5 heterocycles. The van der Waals surface area contributed by atoms with Gasteiger partial charge >= 0.3 is 6.01 Å². The second-order valence-corrected chi connectivity index (χ2v) is 10.7. The Hall–Kier alpha value is -1.81. The molecule has 0 spiro atoms. The molecule has 6 rings (SSSR count). The summed E-state index contributed by atoms with van der Waals surface area (Å²) in [6.07, 6.45) is 9.45. The van der Waals surface area contributed by atoms with Gasteiger partial charge in [0.1, 0.15) is 17.9 Å². The molecule has 3 saturated heterocycles. The summed E-state index contributed by atoms with van der Waals surface area (Å²) in [7, 11) is 0. The molecule has 0 aromatic carbocycles. The summed E-state index contributed by atoms with van der Waals surface area (Å²) in [5.74, 6) is 1.43. The highest BCUT2D eigenvalue weighted by Crippen LogP contribution is 2.40. The molecule has 2 aromatic rings. The normalized spacial score (nSPS) is 27.4. The monoisotopic (exact) mass is 505 g/mol. The second-order valence-electron chi connectivity index (χ2n) is 10.4. The van der Waals surface area contributed by atoms with Gasteiger partial charge in [-0.05, 0) is 69.9 Å². The molecule has 8 nitrogen and oxygen atoms in total. The van der Waals surface area contributed by atoms with Crippen molar-refractivity contribution in [3.05, 3.63) is 17.2 Å². The predicted molar refractivity (Wildman–Crippen MR) is 130 cm³/mol. The number of anilines is 1. The first-order valence-electron chi connectivity index (χ1n) is 13.0. The van der Waals surface area contributed by atoms with Crippen molar-refractivity contribution in [3.8, 4) is 6.01 Å². The minimum Gasteiger partial charge on any atom is -0.462 e. The van der Waals surface area contributed by atoms with E-state index in [0.717, 1.165) is 51.9 Å². The lowest BCUT2D eigenvalue weighted by atomic mass is 9.99. The van der Waals surface area contributed by atoms with Crippen molar-refractivity contribution < 1.29 is 18.6 Å². The van der Waals surface area contributed by atoms with E-state index in [-0.39, 0.29) is 23.0 Å². The Morgan fingerprint density at radius 3 is 2.71 bits per heavy atom. The summed E-state index contributed by atoms with van der Waals surface area (Å²) < 4.78 is 32.2. The molecule has 1 aliphatic carbocycles. The van der Waals surface area contributed by atoms with Crippen molar-refractivity contribution in [1.29, 1.82) is 0 Å². The van der Waals surface area contributed by atoms with Crippen LogP contribution in [0, 0.1) is 17.7 Å². The Morgan fingerprint density at radius 1 is 1.11 bits per heavy atom. The number of piperidine rings is 1. The van der Waals surface area contributed by atoms with Gasteiger partial charge in [0.2, 0.25) is 0 Å². The molecule has 35 heavy (non-hydrogen) atoms. The Labute approximate surface area is 210 Å². The number of aromatic nitrogens is 3. The molecule has 3 aliphatic heterocycles. The van der Waals surface area contributed by atoms with Crippen molar-refractivity contribution in [1.82, 2.24) is 19.9 Å². The predicted octanol–water partition coefficient (Wildman–Crippen LogP) is 4.05. The minimum absolute atomic E-state index is 0.0574. The lowest BCUT2D eigenvalue weighted by Crippen LogP contribution is -2.37. The third-order valence-corrected chi connectivity index (χ3v) is 8.25. The Balaban J connectivity index is 1.17. The highest BCUT2D eigenvalue weighted by molar-refractivity contribution is 6.30. The fourth-order valence-electron chi connectivity index (χ4n) is 6.27. The van der Waals surface area contributed by atoms with Crippen LogP contribution in [0.4, 0.5) is 10.2 Å². The smallest absolute Gasteiger partial charge is 0.319 e. The first kappa shape index (κ1) is 23.6. The Bertz CT molecular complexity index is 1040. The number of pyridine rings is 1. The summed E-state index contributed by atoms with van der Waals surface area (Å²) in [5.41, 5.74) is 0.183. The minimum atomic E-state index is -0.614. The number of likely N-dealkylation sites (tertiary alicyclic amines) is 1. The van der Waals surface area contributed by atoms with E-state index in [4.69, 9.17) is 30.8 Å². The highest BCUT2D eigenvalue weighted by atomic mass is 35.5. The lowest BCUT2D eigenvalue weighted by Gasteiger charge is -2.33. The number of nitrogens with zero attached hydrogens (tertiary/aromatic N) is 5. The number of halogens is 2. The molecule has 2 aromatic heterocycles. The maximum Gasteiger partial charge on any atom is 0.319 e. The van der Waals surface area contributed by atoms with E-state index in [1.807, 2.05) is 0 Å². The number of fused-ring (bicyclic) bond motifs is 3. The van der Waals surface area contributed by atoms with Crippen LogP contribution in [-0.2, 0) is 9.47 Å². The zero-order valence-electron chi connectivity index (χ0n) is 20.0. The van der Waals surface area contributed by atoms with Crippen LogP contribution in [0.25, 0.3) is 10.9 Å². The SMILES string of the molecule is Fc1c(Cl)ncc2c(N3CC4CCC(C4)C3)nc(OC[C@@H]3CCCN3CCCC3OCCO3)nc12. The van der Waals surface area contributed by atoms with Gasteiger partial charge in [-0.15, -0.1) is 0 Å². The van der Waals surface area contributed by atoms with Crippen LogP contribution in [0.3, 0.4) is 0 Å². The van der Waals surface area contributed by atoms with Gasteiger partial charge in [-0.3, -0.25) is 4.90 Å². The zero-order chi connectivity index (χ0) is 23.8. The van der Waals surface area contributed by atoms with E-state index in [2.05, 4.69) is 19.8 Å². The van der Waals surface area contributed by atoms with E-state index in [0.29, 0.717) is 48.9 Å². The van der Waals surface area contributed by atoms with Crippen LogP contribution in [0.2, 0.25) is 5.15 Å². The largest absolute Gasteiger partial charge is 0.462 e. The third-order valence-electron chi connectivity index (χ3n) is 7.99. The second kappa shape index (κ2) is 10.3. The molecular formula is C25H33ClFN5O3. The summed E-state index contributed by atoms with van der Waals surface area (Å²) >= 11 is 6.00. The van der Waals surface area contributed by atoms with Crippen molar-refractivity contribution >= 4 is 28.3 Å². The fraction of sp³-hybridized carbons (Fsp3) is 0.720. The average Bonchev–Trinajstić information content (AvgIpc) is 3.62. The summed E-state index contributed by atoms with van der Waals surface area (Å²) in [4.78, 5) is 18.0. The molecule has 2 bridgehead atoms. The number of hydrogen-bond acceptors (Lipinski definition) is 8. The molecular weight excluding hydrogens is 473 g/mol. The molecule has 3 atom stereocenters.